The number of hydrogen-bond donors (Lipinski definition) is 1. The van der Waals surface area contributed by atoms with Gasteiger partial charge in [0, 0.05) is 18.5 Å². The largest absolute Gasteiger partial charge is 0.497 e. The standard InChI is InChI=1S/C23H30N2O3/c1-27-19-9-7-8-18(16-19)12-13-23(26)24-17-21(25-14-5-6-15-25)20-10-3-4-11-22(20)28-2/h3-4,7-11,16,21H,5-6,12-15,17H2,1-2H3,(H,24,26). The van der Waals surface area contributed by atoms with E-state index in [1.165, 1.54) is 12.8 Å². The Morgan fingerprint density at radius 2 is 1.86 bits per heavy atom. The number of hydrogen-bond acceptors (Lipinski definition) is 4. The van der Waals surface area contributed by atoms with Crippen LogP contribution in [0.3, 0.4) is 0 Å². The van der Waals surface area contributed by atoms with Crippen LogP contribution in [-0.4, -0.2) is 44.7 Å². The van der Waals surface area contributed by atoms with Crippen molar-refractivity contribution in [1.29, 1.82) is 0 Å². The average Bonchev–Trinajstić information content (AvgIpc) is 3.27. The van der Waals surface area contributed by atoms with Crippen LogP contribution in [0.1, 0.15) is 36.4 Å². The first-order valence-electron chi connectivity index (χ1n) is 9.98. The summed E-state index contributed by atoms with van der Waals surface area (Å²) in [5.41, 5.74) is 2.25. The SMILES string of the molecule is COc1cccc(CCC(=O)NCC(c2ccccc2OC)N2CCCC2)c1. The van der Waals surface area contributed by atoms with Gasteiger partial charge in [-0.3, -0.25) is 9.69 Å². The highest BCUT2D eigenvalue weighted by atomic mass is 16.5. The normalized spacial score (nSPS) is 15.2. The zero-order valence-electron chi connectivity index (χ0n) is 16.8. The number of nitrogens with one attached hydrogen (secondary N) is 1. The molecule has 2 aromatic rings. The van der Waals surface area contributed by atoms with Gasteiger partial charge < -0.3 is 14.8 Å². The van der Waals surface area contributed by atoms with Gasteiger partial charge in [-0.25, -0.2) is 0 Å². The van der Waals surface area contributed by atoms with Gasteiger partial charge in [-0.1, -0.05) is 30.3 Å². The van der Waals surface area contributed by atoms with E-state index in [9.17, 15) is 4.79 Å². The monoisotopic (exact) mass is 382 g/mol. The van der Waals surface area contributed by atoms with E-state index in [2.05, 4.69) is 16.3 Å². The number of nitrogens with zero attached hydrogens (tertiary/aromatic N) is 1. The number of methoxy groups -OCH3 is 2. The highest BCUT2D eigenvalue weighted by Crippen LogP contribution is 2.31. The van der Waals surface area contributed by atoms with Crippen LogP contribution in [0.2, 0.25) is 0 Å². The van der Waals surface area contributed by atoms with Crippen LogP contribution in [0.4, 0.5) is 0 Å². The van der Waals surface area contributed by atoms with Gasteiger partial charge in [0.15, 0.2) is 0 Å². The Labute approximate surface area is 167 Å². The van der Waals surface area contributed by atoms with Crippen molar-refractivity contribution in [2.24, 2.45) is 0 Å². The average molecular weight is 383 g/mol. The summed E-state index contributed by atoms with van der Waals surface area (Å²) in [5, 5.41) is 3.14. The highest BCUT2D eigenvalue weighted by Gasteiger charge is 2.26. The summed E-state index contributed by atoms with van der Waals surface area (Å²) in [6.45, 7) is 2.71. The van der Waals surface area contributed by atoms with E-state index in [-0.39, 0.29) is 11.9 Å². The molecule has 0 radical (unpaired) electrons. The zero-order valence-corrected chi connectivity index (χ0v) is 16.8. The van der Waals surface area contributed by atoms with Gasteiger partial charge in [0.05, 0.1) is 20.3 Å². The number of amides is 1. The molecule has 0 aliphatic carbocycles. The van der Waals surface area contributed by atoms with Crippen LogP contribution in [0, 0.1) is 0 Å². The lowest BCUT2D eigenvalue weighted by atomic mass is 10.0. The van der Waals surface area contributed by atoms with Crippen LogP contribution in [-0.2, 0) is 11.2 Å². The van der Waals surface area contributed by atoms with Crippen LogP contribution in [0.5, 0.6) is 11.5 Å². The van der Waals surface area contributed by atoms with Crippen LogP contribution < -0.4 is 14.8 Å². The van der Waals surface area contributed by atoms with Gasteiger partial charge in [0.2, 0.25) is 5.91 Å². The van der Waals surface area contributed by atoms with Crippen molar-refractivity contribution in [3.63, 3.8) is 0 Å². The molecule has 5 nitrogen and oxygen atoms in total. The van der Waals surface area contributed by atoms with Crippen molar-refractivity contribution >= 4 is 5.91 Å². The maximum atomic E-state index is 12.5. The summed E-state index contributed by atoms with van der Waals surface area (Å²) in [6, 6.07) is 16.1. The van der Waals surface area contributed by atoms with Gasteiger partial charge in [0.25, 0.3) is 0 Å². The predicted octanol–water partition coefficient (Wildman–Crippen LogP) is 3.59. The molecule has 1 N–H and O–H groups in total. The van der Waals surface area contributed by atoms with Crippen molar-refractivity contribution in [3.05, 3.63) is 59.7 Å². The number of aryl methyl sites for hydroxylation is 1. The molecule has 0 saturated carbocycles. The molecule has 1 atom stereocenters. The fraction of sp³-hybridized carbons (Fsp3) is 0.435. The third kappa shape index (κ3) is 5.26. The molecule has 1 aliphatic heterocycles. The molecule has 2 aromatic carbocycles. The van der Waals surface area contributed by atoms with E-state index in [4.69, 9.17) is 9.47 Å². The smallest absolute Gasteiger partial charge is 0.220 e. The van der Waals surface area contributed by atoms with E-state index in [0.29, 0.717) is 19.4 Å². The predicted molar refractivity (Wildman–Crippen MR) is 111 cm³/mol. The molecule has 1 unspecified atom stereocenters. The minimum atomic E-state index is 0.0712. The van der Waals surface area contributed by atoms with Crippen molar-refractivity contribution < 1.29 is 14.3 Å². The summed E-state index contributed by atoms with van der Waals surface area (Å²) < 4.78 is 10.8. The van der Waals surface area contributed by atoms with Crippen molar-refractivity contribution in [2.45, 2.75) is 31.7 Å². The second kappa shape index (κ2) is 10.1. The maximum Gasteiger partial charge on any atom is 0.220 e. The molecule has 1 amide bonds. The molecule has 0 spiro atoms. The van der Waals surface area contributed by atoms with Gasteiger partial charge in [-0.05, 0) is 56.1 Å². The molecule has 1 fully saturated rings. The summed E-state index contributed by atoms with van der Waals surface area (Å²) in [6.07, 6.45) is 3.57. The Kier molecular flexibility index (Phi) is 7.31. The fourth-order valence-electron chi connectivity index (χ4n) is 3.82. The quantitative estimate of drug-likeness (QED) is 0.720. The topological polar surface area (TPSA) is 50.8 Å². The third-order valence-corrected chi connectivity index (χ3v) is 5.35. The minimum Gasteiger partial charge on any atom is -0.497 e. The summed E-state index contributed by atoms with van der Waals surface area (Å²) in [4.78, 5) is 14.9. The molecule has 3 rings (SSSR count). The second-order valence-corrected chi connectivity index (χ2v) is 7.16. The number of likely N-dealkylation sites (tertiary alicyclic amines) is 1. The van der Waals surface area contributed by atoms with Crippen LogP contribution in [0.15, 0.2) is 48.5 Å². The Bertz CT molecular complexity index is 772. The van der Waals surface area contributed by atoms with Gasteiger partial charge in [0.1, 0.15) is 11.5 Å². The Balaban J connectivity index is 1.60. The van der Waals surface area contributed by atoms with Crippen LogP contribution in [0.25, 0.3) is 0 Å². The summed E-state index contributed by atoms with van der Waals surface area (Å²) in [5.74, 6) is 1.77. The molecule has 1 saturated heterocycles. The summed E-state index contributed by atoms with van der Waals surface area (Å²) in [7, 11) is 3.36. The lowest BCUT2D eigenvalue weighted by molar-refractivity contribution is -0.121. The lowest BCUT2D eigenvalue weighted by Crippen LogP contribution is -2.37. The molecule has 0 bridgehead atoms. The van der Waals surface area contributed by atoms with E-state index in [1.807, 2.05) is 42.5 Å². The number of carbonyl (C=O) groups is 1. The van der Waals surface area contributed by atoms with Gasteiger partial charge in [-0.2, -0.15) is 0 Å². The number of rotatable bonds is 9. The van der Waals surface area contributed by atoms with Crippen molar-refractivity contribution in [3.8, 4) is 11.5 Å². The molecular formula is C23H30N2O3. The molecule has 1 aliphatic rings. The van der Waals surface area contributed by atoms with E-state index in [0.717, 1.165) is 35.7 Å². The highest BCUT2D eigenvalue weighted by molar-refractivity contribution is 5.76. The van der Waals surface area contributed by atoms with Gasteiger partial charge >= 0.3 is 0 Å². The van der Waals surface area contributed by atoms with E-state index < -0.39 is 0 Å². The maximum absolute atomic E-state index is 12.5. The fourth-order valence-corrected chi connectivity index (χ4v) is 3.82. The number of carbonyl (C=O) groups excluding carboxylic acids is 1. The first-order chi connectivity index (χ1) is 13.7. The number of benzene rings is 2. The molecule has 1 heterocycles. The zero-order chi connectivity index (χ0) is 19.8. The molecule has 150 valence electrons. The Hall–Kier alpha value is -2.53. The number of ether oxygens (including phenoxy) is 2. The molecule has 5 heteroatoms. The molecule has 0 aromatic heterocycles. The third-order valence-electron chi connectivity index (χ3n) is 5.35. The Morgan fingerprint density at radius 3 is 2.61 bits per heavy atom. The summed E-state index contributed by atoms with van der Waals surface area (Å²) >= 11 is 0. The second-order valence-electron chi connectivity index (χ2n) is 7.16. The van der Waals surface area contributed by atoms with Gasteiger partial charge in [-0.15, -0.1) is 0 Å². The number of para-hydroxylation sites is 1. The van der Waals surface area contributed by atoms with E-state index >= 15 is 0 Å². The minimum absolute atomic E-state index is 0.0712. The first-order valence-corrected chi connectivity index (χ1v) is 9.98. The van der Waals surface area contributed by atoms with E-state index in [1.54, 1.807) is 14.2 Å². The first kappa shape index (κ1) is 20.2. The lowest BCUT2D eigenvalue weighted by Gasteiger charge is -2.29. The molecule has 28 heavy (non-hydrogen) atoms. The Morgan fingerprint density at radius 1 is 1.07 bits per heavy atom. The van der Waals surface area contributed by atoms with Crippen molar-refractivity contribution in [2.75, 3.05) is 33.9 Å². The molecular weight excluding hydrogens is 352 g/mol. The van der Waals surface area contributed by atoms with Crippen molar-refractivity contribution in [1.82, 2.24) is 10.2 Å². The van der Waals surface area contributed by atoms with Crippen LogP contribution >= 0.6 is 0 Å².